The van der Waals surface area contributed by atoms with Gasteiger partial charge < -0.3 is 14.7 Å². The van der Waals surface area contributed by atoms with E-state index in [4.69, 9.17) is 9.57 Å². The summed E-state index contributed by atoms with van der Waals surface area (Å²) in [5, 5.41) is 15.0. The van der Waals surface area contributed by atoms with Gasteiger partial charge in [0.2, 0.25) is 0 Å². The smallest absolute Gasteiger partial charge is 0.280 e. The van der Waals surface area contributed by atoms with Gasteiger partial charge in [-0.1, -0.05) is 28.6 Å². The number of nitrogens with zero attached hydrogens (tertiary/aromatic N) is 2. The van der Waals surface area contributed by atoms with Gasteiger partial charge in [-0.3, -0.25) is 10.1 Å². The van der Waals surface area contributed by atoms with Crippen LogP contribution in [0.5, 0.6) is 0 Å². The van der Waals surface area contributed by atoms with Gasteiger partial charge in [-0.2, -0.15) is 4.39 Å². The number of amides is 1. The molecule has 1 aliphatic carbocycles. The molecular weight excluding hydrogens is 461 g/mol. The van der Waals surface area contributed by atoms with Crippen LogP contribution in [0, 0.1) is 5.13 Å². The number of sulfone groups is 1. The number of nitrogens with one attached hydrogen (secondary N) is 1. The Morgan fingerprint density at radius 3 is 2.66 bits per heavy atom. The fourth-order valence-electron chi connectivity index (χ4n) is 3.59. The van der Waals surface area contributed by atoms with Crippen molar-refractivity contribution in [1.82, 2.24) is 4.98 Å². The van der Waals surface area contributed by atoms with Crippen LogP contribution in [0.25, 0.3) is 0 Å². The van der Waals surface area contributed by atoms with E-state index in [0.29, 0.717) is 49.2 Å². The van der Waals surface area contributed by atoms with Gasteiger partial charge in [0.1, 0.15) is 6.10 Å². The van der Waals surface area contributed by atoms with Gasteiger partial charge in [-0.25, -0.2) is 13.4 Å². The third-order valence-corrected chi connectivity index (χ3v) is 8.23. The Labute approximate surface area is 188 Å². The minimum Gasteiger partial charge on any atom is -0.393 e. The Bertz CT molecular complexity index is 1100. The average molecular weight is 484 g/mol. The first kappa shape index (κ1) is 22.8. The number of anilines is 1. The Kier molecular flexibility index (Phi) is 6.84. The number of benzene rings is 1. The summed E-state index contributed by atoms with van der Waals surface area (Å²) < 4.78 is 43.9. The maximum absolute atomic E-state index is 13.2. The Morgan fingerprint density at radius 2 is 2.06 bits per heavy atom. The summed E-state index contributed by atoms with van der Waals surface area (Å²) in [6.45, 7) is 0.564. The van der Waals surface area contributed by atoms with E-state index in [-0.39, 0.29) is 28.4 Å². The summed E-state index contributed by atoms with van der Waals surface area (Å²) in [5.74, 6) is -0.683. The molecule has 1 saturated carbocycles. The molecule has 3 atom stereocenters. The van der Waals surface area contributed by atoms with Crippen molar-refractivity contribution in [3.63, 3.8) is 0 Å². The van der Waals surface area contributed by atoms with Crippen LogP contribution in [-0.2, 0) is 24.2 Å². The van der Waals surface area contributed by atoms with Crippen LogP contribution in [-0.4, -0.2) is 60.8 Å². The van der Waals surface area contributed by atoms with Crippen LogP contribution in [0.4, 0.5) is 9.52 Å². The van der Waals surface area contributed by atoms with Crippen LogP contribution in [0.3, 0.4) is 0 Å². The molecule has 2 fully saturated rings. The molecule has 2 N–H and O–H groups in total. The van der Waals surface area contributed by atoms with Crippen molar-refractivity contribution in [3.05, 3.63) is 41.2 Å². The van der Waals surface area contributed by atoms with E-state index in [1.165, 1.54) is 24.3 Å². The summed E-state index contributed by atoms with van der Waals surface area (Å²) >= 11 is 0.663. The molecule has 1 aliphatic heterocycles. The number of hydrogen-bond acceptors (Lipinski definition) is 9. The molecule has 0 bridgehead atoms. The predicted molar refractivity (Wildman–Crippen MR) is 115 cm³/mol. The molecule has 1 aromatic heterocycles. The number of carbonyl (C=O) groups excluding carboxylic acids is 1. The Balaban J connectivity index is 1.57. The number of aliphatic hydroxyl groups is 1. The molecule has 0 spiro atoms. The van der Waals surface area contributed by atoms with Crippen molar-refractivity contribution < 1.29 is 32.3 Å². The lowest BCUT2D eigenvalue weighted by atomic mass is 10.1. The largest absolute Gasteiger partial charge is 0.393 e. The number of aromatic nitrogens is 1. The number of rotatable bonds is 7. The number of aliphatic hydroxyl groups excluding tert-OH is 1. The summed E-state index contributed by atoms with van der Waals surface area (Å²) in [4.78, 5) is 22.2. The van der Waals surface area contributed by atoms with Crippen LogP contribution in [0.1, 0.15) is 31.2 Å². The van der Waals surface area contributed by atoms with Gasteiger partial charge >= 0.3 is 0 Å². The normalized spacial score (nSPS) is 23.9. The van der Waals surface area contributed by atoms with E-state index in [2.05, 4.69) is 15.5 Å². The zero-order chi connectivity index (χ0) is 22.7. The van der Waals surface area contributed by atoms with Crippen LogP contribution in [0.15, 0.2) is 40.5 Å². The molecule has 9 nitrogen and oxygen atoms in total. The summed E-state index contributed by atoms with van der Waals surface area (Å²) in [6, 6.07) is 5.76. The second-order valence-electron chi connectivity index (χ2n) is 7.61. The fraction of sp³-hybridized carbons (Fsp3) is 0.450. The van der Waals surface area contributed by atoms with Gasteiger partial charge in [0, 0.05) is 18.6 Å². The summed E-state index contributed by atoms with van der Waals surface area (Å²) in [5.41, 5.74) is 0.204. The predicted octanol–water partition coefficient (Wildman–Crippen LogP) is 2.12. The first-order valence-corrected chi connectivity index (χ1v) is 12.5. The van der Waals surface area contributed by atoms with Crippen molar-refractivity contribution in [2.45, 2.75) is 48.0 Å². The topological polar surface area (TPSA) is 127 Å². The lowest BCUT2D eigenvalue weighted by Gasteiger charge is -2.12. The van der Waals surface area contributed by atoms with E-state index < -0.39 is 32.2 Å². The molecule has 2 heterocycles. The second-order valence-corrected chi connectivity index (χ2v) is 10.8. The molecule has 172 valence electrons. The van der Waals surface area contributed by atoms with Crippen molar-refractivity contribution >= 4 is 37.9 Å². The monoisotopic (exact) mass is 483 g/mol. The number of hydrogen-bond donors (Lipinski definition) is 2. The molecule has 0 radical (unpaired) electrons. The third-order valence-electron chi connectivity index (χ3n) is 5.35. The SMILES string of the molecule is O=C(Nc1ncc(F)s1)C(=NO[C@@H]1CC[C@@H](O)C1)c1ccc(S(=O)(=O)[C@H]2CCOC2)cc1. The molecule has 12 heteroatoms. The number of ether oxygens (including phenoxy) is 1. The molecule has 1 amide bonds. The average Bonchev–Trinajstić information content (AvgIpc) is 3.52. The maximum Gasteiger partial charge on any atom is 0.280 e. The van der Waals surface area contributed by atoms with Gasteiger partial charge in [0.15, 0.2) is 25.8 Å². The highest BCUT2D eigenvalue weighted by atomic mass is 32.2. The van der Waals surface area contributed by atoms with Crippen LogP contribution >= 0.6 is 11.3 Å². The molecule has 2 aliphatic rings. The number of carbonyl (C=O) groups is 1. The number of thiazole rings is 1. The number of oxime groups is 1. The highest BCUT2D eigenvalue weighted by molar-refractivity contribution is 7.92. The van der Waals surface area contributed by atoms with Gasteiger partial charge in [-0.05, 0) is 31.4 Å². The molecule has 2 aromatic rings. The number of halogens is 1. The molecule has 4 rings (SSSR count). The minimum absolute atomic E-state index is 0.0527. The Hall–Kier alpha value is -2.41. The zero-order valence-electron chi connectivity index (χ0n) is 16.9. The molecule has 32 heavy (non-hydrogen) atoms. The van der Waals surface area contributed by atoms with Crippen LogP contribution < -0.4 is 5.32 Å². The highest BCUT2D eigenvalue weighted by Gasteiger charge is 2.31. The molecule has 1 aromatic carbocycles. The zero-order valence-corrected chi connectivity index (χ0v) is 18.6. The van der Waals surface area contributed by atoms with E-state index in [1.807, 2.05) is 0 Å². The molecule has 1 saturated heterocycles. The lowest BCUT2D eigenvalue weighted by molar-refractivity contribution is -0.110. The first-order valence-electron chi connectivity index (χ1n) is 10.1. The summed E-state index contributed by atoms with van der Waals surface area (Å²) in [7, 11) is -3.55. The van der Waals surface area contributed by atoms with Crippen molar-refractivity contribution in [1.29, 1.82) is 0 Å². The minimum atomic E-state index is -3.55. The van der Waals surface area contributed by atoms with Crippen molar-refractivity contribution in [2.24, 2.45) is 5.16 Å². The third kappa shape index (κ3) is 5.14. The van der Waals surface area contributed by atoms with Gasteiger partial charge in [0.05, 0.1) is 29.1 Å². The van der Waals surface area contributed by atoms with Gasteiger partial charge in [0.25, 0.3) is 5.91 Å². The molecular formula is C20H22FN3O6S2. The quantitative estimate of drug-likeness (QED) is 0.456. The van der Waals surface area contributed by atoms with Crippen LogP contribution in [0.2, 0.25) is 0 Å². The van der Waals surface area contributed by atoms with Crippen molar-refractivity contribution in [3.8, 4) is 0 Å². The maximum atomic E-state index is 13.2. The van der Waals surface area contributed by atoms with E-state index in [0.717, 1.165) is 6.20 Å². The summed E-state index contributed by atoms with van der Waals surface area (Å²) in [6.07, 6.45) is 2.18. The first-order chi connectivity index (χ1) is 15.3. The van der Waals surface area contributed by atoms with E-state index >= 15 is 0 Å². The molecule has 0 unspecified atom stereocenters. The Morgan fingerprint density at radius 1 is 1.28 bits per heavy atom. The standard InChI is InChI=1S/C20H22FN3O6S2/c21-17-10-22-20(31-17)23-19(26)18(24-30-14-4-3-13(25)9-14)12-1-5-15(6-2-12)32(27,28)16-7-8-29-11-16/h1-2,5-6,10,13-14,16,25H,3-4,7-9,11H2,(H,22,23,26)/t13-,14-,16+/m1/s1. The van der Waals surface area contributed by atoms with E-state index in [1.54, 1.807) is 0 Å². The van der Waals surface area contributed by atoms with Crippen molar-refractivity contribution in [2.75, 3.05) is 18.5 Å². The van der Waals surface area contributed by atoms with E-state index in [9.17, 15) is 22.7 Å². The second kappa shape index (κ2) is 9.61. The lowest BCUT2D eigenvalue weighted by Crippen LogP contribution is -2.25. The highest BCUT2D eigenvalue weighted by Crippen LogP contribution is 2.25. The van der Waals surface area contributed by atoms with Gasteiger partial charge in [-0.15, -0.1) is 0 Å². The fourth-order valence-corrected chi connectivity index (χ4v) is 5.71.